The maximum atomic E-state index is 5.73. The van der Waals surface area contributed by atoms with E-state index in [1.54, 1.807) is 11.3 Å². The monoisotopic (exact) mass is 211 g/mol. The van der Waals surface area contributed by atoms with Crippen molar-refractivity contribution >= 4 is 33.2 Å². The van der Waals surface area contributed by atoms with Crippen LogP contribution in [-0.4, -0.2) is 0 Å². The Morgan fingerprint density at radius 2 is 2.00 bits per heavy atom. The third kappa shape index (κ3) is 1.32. The number of thiophene rings is 1. The summed E-state index contributed by atoms with van der Waals surface area (Å²) in [5.74, 6) is 0. The van der Waals surface area contributed by atoms with Crippen molar-refractivity contribution in [3.63, 3.8) is 0 Å². The first kappa shape index (κ1) is 8.54. The van der Waals surface area contributed by atoms with Gasteiger partial charge in [-0.15, -0.1) is 11.3 Å². The Bertz CT molecular complexity index is 713. The molecular formula is C13H9NS. The smallest absolute Gasteiger partial charge is 0.0774 e. The van der Waals surface area contributed by atoms with Gasteiger partial charge in [0.15, 0.2) is 0 Å². The Morgan fingerprint density at radius 1 is 1.13 bits per heavy atom. The predicted octanol–water partition coefficient (Wildman–Crippen LogP) is 1.47. The van der Waals surface area contributed by atoms with Crippen LogP contribution in [0.25, 0.3) is 21.9 Å². The van der Waals surface area contributed by atoms with Crippen molar-refractivity contribution < 1.29 is 0 Å². The molecule has 0 aliphatic heterocycles. The number of allylic oxidation sites excluding steroid dienone is 2. The molecule has 1 aromatic carbocycles. The Morgan fingerprint density at radius 3 is 2.93 bits per heavy atom. The van der Waals surface area contributed by atoms with Crippen LogP contribution in [0.15, 0.2) is 42.1 Å². The van der Waals surface area contributed by atoms with Gasteiger partial charge in [-0.25, -0.2) is 0 Å². The molecule has 1 aromatic heterocycles. The van der Waals surface area contributed by atoms with Crippen LogP contribution < -0.4 is 15.5 Å². The molecule has 2 N–H and O–H groups in total. The third-order valence-electron chi connectivity index (χ3n) is 2.45. The molecule has 1 aliphatic carbocycles. The minimum Gasteiger partial charge on any atom is -0.398 e. The van der Waals surface area contributed by atoms with Crippen molar-refractivity contribution in [1.82, 2.24) is 0 Å². The summed E-state index contributed by atoms with van der Waals surface area (Å²) in [7, 11) is 0. The molecule has 72 valence electrons. The lowest BCUT2D eigenvalue weighted by Gasteiger charge is -1.86. The van der Waals surface area contributed by atoms with Gasteiger partial charge in [-0.1, -0.05) is 30.0 Å². The Labute approximate surface area is 91.2 Å². The van der Waals surface area contributed by atoms with Gasteiger partial charge in [0.25, 0.3) is 0 Å². The van der Waals surface area contributed by atoms with E-state index < -0.39 is 0 Å². The minimum absolute atomic E-state index is 0.752. The van der Waals surface area contributed by atoms with E-state index in [1.807, 2.05) is 12.2 Å². The molecule has 2 heteroatoms. The van der Waals surface area contributed by atoms with Crippen molar-refractivity contribution in [2.24, 2.45) is 5.73 Å². The first-order valence-corrected chi connectivity index (χ1v) is 5.58. The van der Waals surface area contributed by atoms with Crippen LogP contribution >= 0.6 is 11.3 Å². The van der Waals surface area contributed by atoms with Gasteiger partial charge in [-0.05, 0) is 12.1 Å². The summed E-state index contributed by atoms with van der Waals surface area (Å²) in [6.45, 7) is 0. The molecule has 0 saturated heterocycles. The van der Waals surface area contributed by atoms with E-state index >= 15 is 0 Å². The van der Waals surface area contributed by atoms with Gasteiger partial charge in [0.1, 0.15) is 0 Å². The van der Waals surface area contributed by atoms with E-state index in [-0.39, 0.29) is 0 Å². The van der Waals surface area contributed by atoms with Gasteiger partial charge in [0, 0.05) is 27.1 Å². The zero-order chi connectivity index (χ0) is 10.3. The second-order valence-corrected chi connectivity index (χ2v) is 4.52. The number of nitrogens with two attached hydrogens (primary N) is 1. The van der Waals surface area contributed by atoms with Crippen LogP contribution in [0.2, 0.25) is 0 Å². The molecule has 0 unspecified atom stereocenters. The number of fused-ring (bicyclic) bond motifs is 3. The Balaban J connectivity index is 2.60. The highest BCUT2D eigenvalue weighted by molar-refractivity contribution is 7.17. The fourth-order valence-electron chi connectivity index (χ4n) is 1.71. The van der Waals surface area contributed by atoms with E-state index in [0.717, 1.165) is 10.2 Å². The van der Waals surface area contributed by atoms with E-state index in [4.69, 9.17) is 5.73 Å². The molecule has 0 spiro atoms. The summed E-state index contributed by atoms with van der Waals surface area (Å²) >= 11 is 1.75. The minimum atomic E-state index is 0.752. The lowest BCUT2D eigenvalue weighted by Crippen LogP contribution is -2.16. The zero-order valence-corrected chi connectivity index (χ0v) is 8.84. The molecule has 3 rings (SSSR count). The molecule has 0 fully saturated rings. The van der Waals surface area contributed by atoms with Crippen LogP contribution in [0.5, 0.6) is 0 Å². The first-order chi connectivity index (χ1) is 7.34. The third-order valence-corrected chi connectivity index (χ3v) is 3.56. The summed E-state index contributed by atoms with van der Waals surface area (Å²) in [5, 5.41) is 2.51. The van der Waals surface area contributed by atoms with Crippen molar-refractivity contribution in [3.8, 4) is 0 Å². The molecule has 1 nitrogen and oxygen atoms in total. The summed E-state index contributed by atoms with van der Waals surface area (Å²) in [4.78, 5) is 0. The van der Waals surface area contributed by atoms with Gasteiger partial charge >= 0.3 is 0 Å². The topological polar surface area (TPSA) is 26.0 Å². The summed E-state index contributed by atoms with van der Waals surface area (Å²) in [5.41, 5.74) is 9.72. The largest absolute Gasteiger partial charge is 0.398 e. The first-order valence-electron chi connectivity index (χ1n) is 4.76. The number of rotatable bonds is 0. The normalized spacial score (nSPS) is 13.7. The highest BCUT2D eigenvalue weighted by Crippen LogP contribution is 2.12. The highest BCUT2D eigenvalue weighted by atomic mass is 32.1. The van der Waals surface area contributed by atoms with Crippen LogP contribution in [0, 0.1) is 0 Å². The van der Waals surface area contributed by atoms with Crippen LogP contribution in [-0.2, 0) is 0 Å². The van der Waals surface area contributed by atoms with Crippen LogP contribution in [0.3, 0.4) is 0 Å². The molecule has 15 heavy (non-hydrogen) atoms. The lowest BCUT2D eigenvalue weighted by molar-refractivity contribution is 1.45. The van der Waals surface area contributed by atoms with E-state index in [0.29, 0.717) is 0 Å². The maximum Gasteiger partial charge on any atom is 0.0774 e. The van der Waals surface area contributed by atoms with Crippen molar-refractivity contribution in [2.45, 2.75) is 0 Å². The average molecular weight is 211 g/mol. The highest BCUT2D eigenvalue weighted by Gasteiger charge is 1.99. The van der Waals surface area contributed by atoms with Crippen molar-refractivity contribution in [3.05, 3.63) is 51.9 Å². The quantitative estimate of drug-likeness (QED) is 0.701. The van der Waals surface area contributed by atoms with Crippen molar-refractivity contribution in [2.75, 3.05) is 0 Å². The fourth-order valence-corrected chi connectivity index (χ4v) is 2.77. The fraction of sp³-hybridized carbons (Fsp3) is 0. The second-order valence-electron chi connectivity index (χ2n) is 3.46. The molecule has 2 aromatic rings. The average Bonchev–Trinajstić information content (AvgIpc) is 2.51. The molecule has 0 amide bonds. The van der Waals surface area contributed by atoms with Gasteiger partial charge in [0.05, 0.1) is 4.53 Å². The Kier molecular flexibility index (Phi) is 1.78. The lowest BCUT2D eigenvalue weighted by atomic mass is 10.2. The molecular weight excluding hydrogens is 202 g/mol. The molecule has 1 heterocycles. The number of benzene rings is 1. The van der Waals surface area contributed by atoms with Gasteiger partial charge in [-0.3, -0.25) is 0 Å². The van der Waals surface area contributed by atoms with Gasteiger partial charge in [-0.2, -0.15) is 0 Å². The van der Waals surface area contributed by atoms with Gasteiger partial charge in [0.2, 0.25) is 0 Å². The van der Waals surface area contributed by atoms with E-state index in [9.17, 15) is 0 Å². The van der Waals surface area contributed by atoms with Crippen molar-refractivity contribution in [1.29, 1.82) is 0 Å². The number of hydrogen-bond acceptors (Lipinski definition) is 2. The SMILES string of the molecule is NC1=CC=c2c(sc3ccccc23)=C=C1. The summed E-state index contributed by atoms with van der Waals surface area (Å²) in [6.07, 6.45) is 5.83. The van der Waals surface area contributed by atoms with Crippen LogP contribution in [0.1, 0.15) is 0 Å². The molecule has 0 saturated carbocycles. The summed E-state index contributed by atoms with van der Waals surface area (Å²) in [6, 6.07) is 8.40. The molecule has 0 atom stereocenters. The molecule has 0 bridgehead atoms. The number of hydrogen-bond donors (Lipinski definition) is 1. The predicted molar refractivity (Wildman–Crippen MR) is 65.8 cm³/mol. The zero-order valence-electron chi connectivity index (χ0n) is 8.03. The second kappa shape index (κ2) is 3.13. The standard InChI is InChI=1S/C13H9NS/c14-9-5-7-11-10-3-1-2-4-12(10)15-13(11)8-6-9/h1-7H,14H2. The summed E-state index contributed by atoms with van der Waals surface area (Å²) < 4.78 is 2.46. The molecule has 1 aliphatic rings. The Hall–Kier alpha value is -1.76. The van der Waals surface area contributed by atoms with Crippen LogP contribution in [0.4, 0.5) is 0 Å². The maximum absolute atomic E-state index is 5.73. The van der Waals surface area contributed by atoms with E-state index in [2.05, 4.69) is 36.1 Å². The van der Waals surface area contributed by atoms with E-state index in [1.165, 1.54) is 15.3 Å². The van der Waals surface area contributed by atoms with Gasteiger partial charge < -0.3 is 5.73 Å². The molecule has 0 radical (unpaired) electrons.